The van der Waals surface area contributed by atoms with Crippen LogP contribution in [-0.4, -0.2) is 21.1 Å². The molecule has 3 aromatic rings. The Balaban J connectivity index is 2.18. The fourth-order valence-corrected chi connectivity index (χ4v) is 2.07. The van der Waals surface area contributed by atoms with Crippen LogP contribution in [0, 0.1) is 6.92 Å². The number of aromatic nitrogens is 3. The summed E-state index contributed by atoms with van der Waals surface area (Å²) in [6.45, 7) is 2.56. The van der Waals surface area contributed by atoms with E-state index in [4.69, 9.17) is 10.2 Å². The first kappa shape index (κ1) is 11.0. The van der Waals surface area contributed by atoms with Crippen molar-refractivity contribution in [1.29, 1.82) is 0 Å². The number of aryl methyl sites for hydroxylation is 1. The largest absolute Gasteiger partial charge is 0.463 e. The van der Waals surface area contributed by atoms with E-state index < -0.39 is 0 Å². The lowest BCUT2D eigenvalue weighted by Crippen LogP contribution is -2.08. The molecule has 0 saturated carbocycles. The highest BCUT2D eigenvalue weighted by Crippen LogP contribution is 2.19. The summed E-state index contributed by atoms with van der Waals surface area (Å²) in [6.07, 6.45) is 2.41. The summed E-state index contributed by atoms with van der Waals surface area (Å²) in [5.41, 5.74) is 9.29. The minimum Gasteiger partial charge on any atom is -0.463 e. The van der Waals surface area contributed by atoms with Crippen LogP contribution >= 0.6 is 0 Å². The molecule has 0 aliphatic rings. The maximum atomic E-state index is 5.62. The van der Waals surface area contributed by atoms with Crippen LogP contribution < -0.4 is 5.73 Å². The third-order valence-electron chi connectivity index (χ3n) is 2.93. The summed E-state index contributed by atoms with van der Waals surface area (Å²) in [4.78, 5) is 4.47. The number of hydrogen-bond acceptors (Lipinski definition) is 4. The zero-order valence-electron chi connectivity index (χ0n) is 10.1. The number of fused-ring (bicyclic) bond motifs is 1. The molecule has 3 rings (SSSR count). The van der Waals surface area contributed by atoms with Gasteiger partial charge in [-0.2, -0.15) is 5.10 Å². The van der Waals surface area contributed by atoms with E-state index in [9.17, 15) is 0 Å². The Morgan fingerprint density at radius 3 is 2.94 bits per heavy atom. The van der Waals surface area contributed by atoms with Crippen LogP contribution in [0.15, 0.2) is 34.9 Å². The lowest BCUT2D eigenvalue weighted by atomic mass is 10.2. The van der Waals surface area contributed by atoms with Crippen molar-refractivity contribution in [1.82, 2.24) is 14.6 Å². The molecule has 3 aromatic heterocycles. The average Bonchev–Trinajstić information content (AvgIpc) is 2.98. The van der Waals surface area contributed by atoms with Gasteiger partial charge in [-0.05, 0) is 37.7 Å². The number of imidazole rings is 1. The fourth-order valence-electron chi connectivity index (χ4n) is 2.07. The van der Waals surface area contributed by atoms with Crippen molar-refractivity contribution in [3.05, 3.63) is 41.9 Å². The highest BCUT2D eigenvalue weighted by Gasteiger charge is 2.11. The molecule has 0 aliphatic heterocycles. The number of furan rings is 1. The predicted octanol–water partition coefficient (Wildman–Crippen LogP) is 1.80. The van der Waals surface area contributed by atoms with E-state index in [0.717, 1.165) is 34.9 Å². The quantitative estimate of drug-likeness (QED) is 0.760. The van der Waals surface area contributed by atoms with Gasteiger partial charge in [-0.1, -0.05) is 0 Å². The van der Waals surface area contributed by atoms with Crippen molar-refractivity contribution < 1.29 is 4.42 Å². The Morgan fingerprint density at radius 2 is 2.22 bits per heavy atom. The van der Waals surface area contributed by atoms with Crippen molar-refractivity contribution in [2.24, 2.45) is 5.73 Å². The highest BCUT2D eigenvalue weighted by molar-refractivity contribution is 5.54. The second kappa shape index (κ2) is 4.27. The topological polar surface area (TPSA) is 69.3 Å². The third-order valence-corrected chi connectivity index (χ3v) is 2.93. The molecule has 0 fully saturated rings. The second-order valence-electron chi connectivity index (χ2n) is 4.15. The van der Waals surface area contributed by atoms with Crippen LogP contribution in [0.1, 0.15) is 11.4 Å². The molecule has 5 heteroatoms. The van der Waals surface area contributed by atoms with Gasteiger partial charge in [0.05, 0.1) is 17.7 Å². The van der Waals surface area contributed by atoms with Gasteiger partial charge in [-0.15, -0.1) is 0 Å². The zero-order chi connectivity index (χ0) is 12.5. The van der Waals surface area contributed by atoms with Gasteiger partial charge >= 0.3 is 0 Å². The molecule has 0 spiro atoms. The third kappa shape index (κ3) is 1.69. The molecule has 0 unspecified atom stereocenters. The van der Waals surface area contributed by atoms with E-state index in [1.807, 2.05) is 35.7 Å². The first-order chi connectivity index (χ1) is 8.79. The van der Waals surface area contributed by atoms with Gasteiger partial charge in [0, 0.05) is 6.42 Å². The van der Waals surface area contributed by atoms with Gasteiger partial charge < -0.3 is 10.2 Å². The molecule has 3 heterocycles. The lowest BCUT2D eigenvalue weighted by molar-refractivity contribution is 0.578. The summed E-state index contributed by atoms with van der Waals surface area (Å²) in [5.74, 6) is 0.752. The van der Waals surface area contributed by atoms with Crippen molar-refractivity contribution in [2.45, 2.75) is 13.3 Å². The Bertz CT molecular complexity index is 670. The van der Waals surface area contributed by atoms with Gasteiger partial charge in [0.25, 0.3) is 0 Å². The molecule has 0 saturated heterocycles. The van der Waals surface area contributed by atoms with E-state index in [1.54, 1.807) is 6.26 Å². The fraction of sp³-hybridized carbons (Fsp3) is 0.231. The van der Waals surface area contributed by atoms with Gasteiger partial charge in [0.1, 0.15) is 5.69 Å². The average molecular weight is 242 g/mol. The van der Waals surface area contributed by atoms with Gasteiger partial charge in [0.2, 0.25) is 0 Å². The van der Waals surface area contributed by atoms with E-state index in [1.165, 1.54) is 0 Å². The van der Waals surface area contributed by atoms with Crippen molar-refractivity contribution in [2.75, 3.05) is 6.54 Å². The summed E-state index contributed by atoms with van der Waals surface area (Å²) >= 11 is 0. The smallest absolute Gasteiger partial charge is 0.154 e. The molecule has 5 nitrogen and oxygen atoms in total. The molecule has 92 valence electrons. The highest BCUT2D eigenvalue weighted by atomic mass is 16.3. The molecule has 18 heavy (non-hydrogen) atoms. The minimum absolute atomic E-state index is 0.585. The Hall–Kier alpha value is -2.14. The molecular weight excluding hydrogens is 228 g/mol. The zero-order valence-corrected chi connectivity index (χ0v) is 10.1. The molecule has 0 radical (unpaired) electrons. The normalized spacial score (nSPS) is 11.2. The number of rotatable bonds is 3. The first-order valence-electron chi connectivity index (χ1n) is 5.89. The molecule has 0 aromatic carbocycles. The molecular formula is C13H14N4O. The maximum Gasteiger partial charge on any atom is 0.154 e. The summed E-state index contributed by atoms with van der Waals surface area (Å²) in [7, 11) is 0. The summed E-state index contributed by atoms with van der Waals surface area (Å²) in [6, 6.07) is 7.59. The van der Waals surface area contributed by atoms with Crippen LogP contribution in [-0.2, 0) is 6.42 Å². The van der Waals surface area contributed by atoms with Crippen molar-refractivity contribution in [3.63, 3.8) is 0 Å². The Labute approximate surface area is 104 Å². The standard InChI is InChI=1S/C13H14N4O/c1-9-11(6-7-14)17-13(15-9)5-4-10(16-17)12-3-2-8-18-12/h2-5,8H,6-7,14H2,1H3. The van der Waals surface area contributed by atoms with E-state index in [0.29, 0.717) is 6.54 Å². The molecule has 0 bridgehead atoms. The Kier molecular flexibility index (Phi) is 2.60. The first-order valence-corrected chi connectivity index (χ1v) is 5.89. The second-order valence-corrected chi connectivity index (χ2v) is 4.15. The number of nitrogens with zero attached hydrogens (tertiary/aromatic N) is 3. The maximum absolute atomic E-state index is 5.62. The van der Waals surface area contributed by atoms with E-state index in [-0.39, 0.29) is 0 Å². The van der Waals surface area contributed by atoms with Crippen LogP contribution in [0.3, 0.4) is 0 Å². The number of nitrogens with two attached hydrogens (primary N) is 1. The Morgan fingerprint density at radius 1 is 1.33 bits per heavy atom. The van der Waals surface area contributed by atoms with Crippen molar-refractivity contribution in [3.8, 4) is 11.5 Å². The van der Waals surface area contributed by atoms with Crippen LogP contribution in [0.5, 0.6) is 0 Å². The number of hydrogen-bond donors (Lipinski definition) is 1. The summed E-state index contributed by atoms with van der Waals surface area (Å²) in [5, 5.41) is 4.56. The molecule has 0 atom stereocenters. The predicted molar refractivity (Wildman–Crippen MR) is 68.2 cm³/mol. The molecule has 2 N–H and O–H groups in total. The van der Waals surface area contributed by atoms with Crippen molar-refractivity contribution >= 4 is 5.65 Å². The van der Waals surface area contributed by atoms with E-state index in [2.05, 4.69) is 10.1 Å². The van der Waals surface area contributed by atoms with Gasteiger partial charge in [-0.25, -0.2) is 9.50 Å². The molecule has 0 aliphatic carbocycles. The van der Waals surface area contributed by atoms with Crippen LogP contribution in [0.4, 0.5) is 0 Å². The monoisotopic (exact) mass is 242 g/mol. The van der Waals surface area contributed by atoms with Gasteiger partial charge in [0.15, 0.2) is 11.4 Å². The van der Waals surface area contributed by atoms with Crippen LogP contribution in [0.25, 0.3) is 17.1 Å². The van der Waals surface area contributed by atoms with E-state index >= 15 is 0 Å². The SMILES string of the molecule is Cc1nc2ccc(-c3ccco3)nn2c1CCN. The lowest BCUT2D eigenvalue weighted by Gasteiger charge is -2.02. The molecule has 0 amide bonds. The van der Waals surface area contributed by atoms with Crippen LogP contribution in [0.2, 0.25) is 0 Å². The minimum atomic E-state index is 0.585. The van der Waals surface area contributed by atoms with Gasteiger partial charge in [-0.3, -0.25) is 0 Å². The summed E-state index contributed by atoms with van der Waals surface area (Å²) < 4.78 is 7.20.